The van der Waals surface area contributed by atoms with Crippen molar-refractivity contribution >= 4 is 23.5 Å². The zero-order valence-corrected chi connectivity index (χ0v) is 16.8. The minimum atomic E-state index is -0.897. The Morgan fingerprint density at radius 3 is 2.41 bits per heavy atom. The number of nitrogens with one attached hydrogen (secondary N) is 1. The van der Waals surface area contributed by atoms with Crippen LogP contribution >= 0.6 is 11.6 Å². The molecular formula is C23H24ClFN2O2. The van der Waals surface area contributed by atoms with E-state index >= 15 is 0 Å². The minimum absolute atomic E-state index is 0.000490. The van der Waals surface area contributed by atoms with E-state index in [1.54, 1.807) is 6.07 Å². The summed E-state index contributed by atoms with van der Waals surface area (Å²) in [6, 6.07) is 13.9. The molecule has 4 nitrogen and oxygen atoms in total. The molecule has 0 atom stereocenters. The number of primary amides is 1. The van der Waals surface area contributed by atoms with Gasteiger partial charge in [0.2, 0.25) is 0 Å². The number of hydrogen-bond donors (Lipinski definition) is 2. The fourth-order valence-electron chi connectivity index (χ4n) is 3.91. The molecule has 0 aliphatic heterocycles. The minimum Gasteiger partial charge on any atom is -0.351 e. The van der Waals surface area contributed by atoms with Crippen molar-refractivity contribution in [2.45, 2.75) is 38.0 Å². The van der Waals surface area contributed by atoms with Crippen molar-refractivity contribution in [2.24, 2.45) is 11.7 Å². The van der Waals surface area contributed by atoms with Crippen molar-refractivity contribution in [1.29, 1.82) is 0 Å². The van der Waals surface area contributed by atoms with Crippen molar-refractivity contribution in [2.75, 3.05) is 0 Å². The van der Waals surface area contributed by atoms with Crippen LogP contribution < -0.4 is 11.1 Å². The summed E-state index contributed by atoms with van der Waals surface area (Å²) in [4.78, 5) is 23.6. The third-order valence-electron chi connectivity index (χ3n) is 5.39. The van der Waals surface area contributed by atoms with Crippen LogP contribution in [0.5, 0.6) is 0 Å². The molecule has 1 fully saturated rings. The van der Waals surface area contributed by atoms with Gasteiger partial charge in [-0.2, -0.15) is 0 Å². The topological polar surface area (TPSA) is 72.2 Å². The van der Waals surface area contributed by atoms with Gasteiger partial charge in [-0.1, -0.05) is 54.1 Å². The maximum absolute atomic E-state index is 13.4. The highest BCUT2D eigenvalue weighted by Gasteiger charge is 2.23. The van der Waals surface area contributed by atoms with Gasteiger partial charge in [0.05, 0.1) is 5.02 Å². The normalized spacial score (nSPS) is 19.6. The number of allylic oxidation sites excluding steroid dienone is 1. The molecule has 1 aliphatic rings. The monoisotopic (exact) mass is 414 g/mol. The van der Waals surface area contributed by atoms with E-state index in [-0.39, 0.29) is 17.4 Å². The number of carbonyl (C=O) groups is 2. The Kier molecular flexibility index (Phi) is 7.04. The van der Waals surface area contributed by atoms with Gasteiger partial charge in [-0.15, -0.1) is 0 Å². The summed E-state index contributed by atoms with van der Waals surface area (Å²) in [6.07, 6.45) is 6.17. The van der Waals surface area contributed by atoms with E-state index in [0.29, 0.717) is 17.1 Å². The predicted molar refractivity (Wildman–Crippen MR) is 112 cm³/mol. The SMILES string of the molecule is NC(=O)NC(=O)C(=CC1CCC(c2ccccc2)CC1)Cc1ccc(F)c(Cl)c1. The first-order valence-electron chi connectivity index (χ1n) is 9.72. The molecule has 1 saturated carbocycles. The molecule has 0 aromatic heterocycles. The highest BCUT2D eigenvalue weighted by atomic mass is 35.5. The molecule has 0 saturated heterocycles. The number of carbonyl (C=O) groups excluding carboxylic acids is 2. The van der Waals surface area contributed by atoms with Crippen molar-refractivity contribution in [1.82, 2.24) is 5.32 Å². The van der Waals surface area contributed by atoms with E-state index in [1.165, 1.54) is 17.7 Å². The number of nitrogens with two attached hydrogens (primary N) is 1. The number of rotatable bonds is 5. The quantitative estimate of drug-likeness (QED) is 0.666. The first-order valence-corrected chi connectivity index (χ1v) is 10.1. The standard InChI is InChI=1S/C23H24ClFN2O2/c24-20-14-16(8-11-21(20)25)13-19(22(28)27-23(26)29)12-15-6-9-18(10-7-15)17-4-2-1-3-5-17/h1-5,8,11-12,14-15,18H,6-7,9-10,13H2,(H3,26,27,28,29). The first-order chi connectivity index (χ1) is 13.9. The van der Waals surface area contributed by atoms with Gasteiger partial charge in [0.15, 0.2) is 0 Å². The number of amides is 3. The molecule has 1 aliphatic carbocycles. The lowest BCUT2D eigenvalue weighted by molar-refractivity contribution is -0.116. The van der Waals surface area contributed by atoms with Crippen molar-refractivity contribution < 1.29 is 14.0 Å². The second kappa shape index (κ2) is 9.70. The number of hydrogen-bond acceptors (Lipinski definition) is 2. The summed E-state index contributed by atoms with van der Waals surface area (Å²) in [5, 5.41) is 2.14. The van der Waals surface area contributed by atoms with E-state index in [2.05, 4.69) is 29.6 Å². The zero-order chi connectivity index (χ0) is 20.8. The molecule has 3 amide bonds. The van der Waals surface area contributed by atoms with Crippen LogP contribution in [0.25, 0.3) is 0 Å². The Morgan fingerprint density at radius 1 is 1.10 bits per heavy atom. The summed E-state index contributed by atoms with van der Waals surface area (Å²) < 4.78 is 13.4. The molecule has 3 N–H and O–H groups in total. The zero-order valence-electron chi connectivity index (χ0n) is 16.0. The Bertz CT molecular complexity index is 906. The van der Waals surface area contributed by atoms with Crippen LogP contribution in [-0.2, 0) is 11.2 Å². The van der Waals surface area contributed by atoms with Gasteiger partial charge in [0.1, 0.15) is 5.82 Å². The molecule has 0 heterocycles. The summed E-state index contributed by atoms with van der Waals surface area (Å²) in [7, 11) is 0. The lowest BCUT2D eigenvalue weighted by Crippen LogP contribution is -2.36. The second-order valence-corrected chi connectivity index (χ2v) is 7.87. The molecule has 2 aromatic rings. The first kappa shape index (κ1) is 21.1. The highest BCUT2D eigenvalue weighted by molar-refractivity contribution is 6.30. The molecule has 3 rings (SSSR count). The summed E-state index contributed by atoms with van der Waals surface area (Å²) in [5.74, 6) is -0.274. The van der Waals surface area contributed by atoms with E-state index in [9.17, 15) is 14.0 Å². The van der Waals surface area contributed by atoms with Gasteiger partial charge in [-0.3, -0.25) is 10.1 Å². The molecule has 152 valence electrons. The average Bonchev–Trinajstić information content (AvgIpc) is 2.71. The lowest BCUT2D eigenvalue weighted by atomic mass is 9.78. The van der Waals surface area contributed by atoms with E-state index in [1.807, 2.05) is 12.1 Å². The number of benzene rings is 2. The third-order valence-corrected chi connectivity index (χ3v) is 5.68. The molecule has 2 aromatic carbocycles. The maximum Gasteiger partial charge on any atom is 0.319 e. The molecule has 0 unspecified atom stereocenters. The molecule has 29 heavy (non-hydrogen) atoms. The Morgan fingerprint density at radius 2 is 1.79 bits per heavy atom. The van der Waals surface area contributed by atoms with E-state index in [0.717, 1.165) is 25.7 Å². The summed E-state index contributed by atoms with van der Waals surface area (Å²) >= 11 is 5.86. The van der Waals surface area contributed by atoms with Crippen LogP contribution in [0.2, 0.25) is 5.02 Å². The maximum atomic E-state index is 13.4. The van der Waals surface area contributed by atoms with Gasteiger partial charge in [0, 0.05) is 12.0 Å². The van der Waals surface area contributed by atoms with Gasteiger partial charge < -0.3 is 5.73 Å². The predicted octanol–water partition coefficient (Wildman–Crippen LogP) is 5.12. The molecule has 0 radical (unpaired) electrons. The van der Waals surface area contributed by atoms with Gasteiger partial charge in [-0.25, -0.2) is 9.18 Å². The summed E-state index contributed by atoms with van der Waals surface area (Å²) in [5.41, 5.74) is 7.60. The van der Waals surface area contributed by atoms with Crippen LogP contribution in [0.15, 0.2) is 60.2 Å². The second-order valence-electron chi connectivity index (χ2n) is 7.46. The molecular weight excluding hydrogens is 391 g/mol. The number of imide groups is 1. The van der Waals surface area contributed by atoms with Crippen molar-refractivity contribution in [3.63, 3.8) is 0 Å². The van der Waals surface area contributed by atoms with Crippen LogP contribution in [0.1, 0.15) is 42.7 Å². The Hall–Kier alpha value is -2.66. The van der Waals surface area contributed by atoms with Crippen LogP contribution in [0.4, 0.5) is 9.18 Å². The Balaban J connectivity index is 1.73. The molecule has 0 bridgehead atoms. The fourth-order valence-corrected chi connectivity index (χ4v) is 4.11. The molecule has 0 spiro atoms. The smallest absolute Gasteiger partial charge is 0.319 e. The summed E-state index contributed by atoms with van der Waals surface area (Å²) in [6.45, 7) is 0. The Labute approximate surface area is 174 Å². The van der Waals surface area contributed by atoms with Crippen molar-refractivity contribution in [3.8, 4) is 0 Å². The fraction of sp³-hybridized carbons (Fsp3) is 0.304. The highest BCUT2D eigenvalue weighted by Crippen LogP contribution is 2.36. The average molecular weight is 415 g/mol. The van der Waals surface area contributed by atoms with E-state index in [4.69, 9.17) is 17.3 Å². The van der Waals surface area contributed by atoms with E-state index < -0.39 is 17.8 Å². The molecule has 6 heteroatoms. The van der Waals surface area contributed by atoms with Gasteiger partial charge >= 0.3 is 6.03 Å². The van der Waals surface area contributed by atoms with Crippen molar-refractivity contribution in [3.05, 3.63) is 82.1 Å². The van der Waals surface area contributed by atoms with Gasteiger partial charge in [-0.05, 0) is 60.8 Å². The van der Waals surface area contributed by atoms with Crippen LogP contribution in [0.3, 0.4) is 0 Å². The largest absolute Gasteiger partial charge is 0.351 e. The number of halogens is 2. The van der Waals surface area contributed by atoms with Gasteiger partial charge in [0.25, 0.3) is 5.91 Å². The van der Waals surface area contributed by atoms with Crippen LogP contribution in [0, 0.1) is 11.7 Å². The lowest BCUT2D eigenvalue weighted by Gasteiger charge is -2.27. The van der Waals surface area contributed by atoms with Crippen LogP contribution in [-0.4, -0.2) is 11.9 Å². The third kappa shape index (κ3) is 5.91. The number of urea groups is 1.